The molecule has 0 bridgehead atoms. The molecule has 4 nitrogen and oxygen atoms in total. The van der Waals surface area contributed by atoms with E-state index in [1.54, 1.807) is 6.07 Å². The first kappa shape index (κ1) is 16.3. The maximum absolute atomic E-state index is 12.2. The number of hydrogen-bond donors (Lipinski definition) is 2. The van der Waals surface area contributed by atoms with Crippen LogP contribution in [0.4, 0.5) is 18.9 Å². The zero-order valence-corrected chi connectivity index (χ0v) is 11.9. The van der Waals surface area contributed by atoms with Gasteiger partial charge in [0, 0.05) is 22.2 Å². The molecule has 2 rings (SSSR count). The topological polar surface area (TPSA) is 62.2 Å². The van der Waals surface area contributed by atoms with E-state index in [0.29, 0.717) is 11.3 Å². The molecule has 0 saturated carbocycles. The fourth-order valence-electron chi connectivity index (χ4n) is 1.68. The minimum atomic E-state index is -4.37. The molecule has 0 spiro atoms. The van der Waals surface area contributed by atoms with Gasteiger partial charge in [-0.2, -0.15) is 13.2 Å². The molecule has 2 N–H and O–H groups in total. The number of hydrogen-bond acceptors (Lipinski definition) is 4. The van der Waals surface area contributed by atoms with Crippen LogP contribution in [0, 0.1) is 0 Å². The Morgan fingerprint density at radius 2 is 1.91 bits per heavy atom. The molecule has 1 aromatic carbocycles. The molecule has 8 heteroatoms. The Morgan fingerprint density at radius 1 is 1.23 bits per heavy atom. The second-order valence-electron chi connectivity index (χ2n) is 4.22. The van der Waals surface area contributed by atoms with Crippen molar-refractivity contribution in [2.75, 3.05) is 5.32 Å². The Balaban J connectivity index is 2.10. The average Bonchev–Trinajstić information content (AvgIpc) is 2.47. The summed E-state index contributed by atoms with van der Waals surface area (Å²) >= 11 is -0.244. The van der Waals surface area contributed by atoms with Crippen LogP contribution in [0.25, 0.3) is 0 Å². The Bertz CT molecular complexity index is 660. The number of amides is 1. The molecule has 0 unspecified atom stereocenters. The van der Waals surface area contributed by atoms with Gasteiger partial charge in [0.15, 0.2) is 0 Å². The number of alkyl halides is 3. The van der Waals surface area contributed by atoms with Crippen LogP contribution in [-0.2, 0) is 6.61 Å². The first-order valence-corrected chi connectivity index (χ1v) is 6.91. The van der Waals surface area contributed by atoms with Crippen molar-refractivity contribution < 1.29 is 23.1 Å². The van der Waals surface area contributed by atoms with Gasteiger partial charge in [-0.3, -0.25) is 9.78 Å². The number of carbonyl (C=O) groups is 1. The number of pyridine rings is 1. The van der Waals surface area contributed by atoms with Crippen LogP contribution in [0.1, 0.15) is 15.9 Å². The molecule has 0 aliphatic rings. The molecule has 22 heavy (non-hydrogen) atoms. The van der Waals surface area contributed by atoms with Gasteiger partial charge in [-0.1, -0.05) is 0 Å². The van der Waals surface area contributed by atoms with Gasteiger partial charge in [0.1, 0.15) is 0 Å². The van der Waals surface area contributed by atoms with Gasteiger partial charge < -0.3 is 10.4 Å². The lowest BCUT2D eigenvalue weighted by Gasteiger charge is -2.09. The summed E-state index contributed by atoms with van der Waals surface area (Å²) in [6.45, 7) is -0.265. The average molecular weight is 328 g/mol. The highest BCUT2D eigenvalue weighted by Gasteiger charge is 2.29. The maximum atomic E-state index is 12.2. The van der Waals surface area contributed by atoms with E-state index in [4.69, 9.17) is 5.11 Å². The summed E-state index contributed by atoms with van der Waals surface area (Å²) in [6, 6.07) is 6.61. The highest BCUT2D eigenvalue weighted by molar-refractivity contribution is 8.00. The number of benzene rings is 1. The number of anilines is 1. The lowest BCUT2D eigenvalue weighted by atomic mass is 10.2. The molecule has 1 heterocycles. The number of thioether (sulfide) groups is 1. The fraction of sp³-hybridized carbons (Fsp3) is 0.143. The van der Waals surface area contributed by atoms with Crippen LogP contribution >= 0.6 is 11.8 Å². The van der Waals surface area contributed by atoms with Crippen LogP contribution in [0.2, 0.25) is 0 Å². The number of aliphatic hydroxyl groups is 1. The van der Waals surface area contributed by atoms with Gasteiger partial charge in [0.05, 0.1) is 18.5 Å². The standard InChI is InChI=1S/C14H11F3N2O2S/c15-14(16,17)22-11-3-1-9(2-4-11)13(21)19-12-7-18-6-5-10(12)8-20/h1-7,20H,8H2,(H,19,21). The Hall–Kier alpha value is -2.06. The monoisotopic (exact) mass is 328 g/mol. The van der Waals surface area contributed by atoms with E-state index in [9.17, 15) is 18.0 Å². The van der Waals surface area contributed by atoms with Gasteiger partial charge in [-0.05, 0) is 42.1 Å². The van der Waals surface area contributed by atoms with Gasteiger partial charge in [-0.15, -0.1) is 0 Å². The minimum Gasteiger partial charge on any atom is -0.392 e. The van der Waals surface area contributed by atoms with Crippen molar-refractivity contribution in [3.8, 4) is 0 Å². The van der Waals surface area contributed by atoms with E-state index in [1.807, 2.05) is 0 Å². The molecule has 1 amide bonds. The highest BCUT2D eigenvalue weighted by atomic mass is 32.2. The van der Waals surface area contributed by atoms with Crippen molar-refractivity contribution in [3.63, 3.8) is 0 Å². The third-order valence-corrected chi connectivity index (χ3v) is 3.42. The summed E-state index contributed by atoms with van der Waals surface area (Å²) in [7, 11) is 0. The van der Waals surface area contributed by atoms with E-state index in [1.165, 1.54) is 36.7 Å². The Labute approximate surface area is 128 Å². The third-order valence-electron chi connectivity index (χ3n) is 2.68. The lowest BCUT2D eigenvalue weighted by molar-refractivity contribution is -0.0328. The molecular formula is C14H11F3N2O2S. The van der Waals surface area contributed by atoms with Crippen LogP contribution in [0.15, 0.2) is 47.6 Å². The molecule has 2 aromatic rings. The zero-order chi connectivity index (χ0) is 16.2. The smallest absolute Gasteiger partial charge is 0.392 e. The summed E-state index contributed by atoms with van der Waals surface area (Å²) in [6.07, 6.45) is 2.86. The second-order valence-corrected chi connectivity index (χ2v) is 5.36. The number of carbonyl (C=O) groups excluding carboxylic acids is 1. The number of halogens is 3. The van der Waals surface area contributed by atoms with E-state index in [2.05, 4.69) is 10.3 Å². The van der Waals surface area contributed by atoms with Crippen molar-refractivity contribution in [2.24, 2.45) is 0 Å². The van der Waals surface area contributed by atoms with Crippen molar-refractivity contribution >= 4 is 23.4 Å². The van der Waals surface area contributed by atoms with E-state index in [-0.39, 0.29) is 28.8 Å². The number of nitrogens with one attached hydrogen (secondary N) is 1. The molecule has 0 fully saturated rings. The number of nitrogens with zero attached hydrogens (tertiary/aromatic N) is 1. The van der Waals surface area contributed by atoms with Crippen LogP contribution in [-0.4, -0.2) is 21.5 Å². The van der Waals surface area contributed by atoms with Crippen molar-refractivity contribution in [3.05, 3.63) is 53.9 Å². The molecule has 0 aliphatic heterocycles. The zero-order valence-electron chi connectivity index (χ0n) is 11.1. The van der Waals surface area contributed by atoms with Crippen molar-refractivity contribution in [2.45, 2.75) is 17.0 Å². The van der Waals surface area contributed by atoms with Gasteiger partial charge in [0.2, 0.25) is 0 Å². The lowest BCUT2D eigenvalue weighted by Crippen LogP contribution is -2.13. The summed E-state index contributed by atoms with van der Waals surface area (Å²) in [5.74, 6) is -0.494. The summed E-state index contributed by atoms with van der Waals surface area (Å²) < 4.78 is 36.7. The first-order chi connectivity index (χ1) is 10.4. The third kappa shape index (κ3) is 4.47. The van der Waals surface area contributed by atoms with Gasteiger partial charge >= 0.3 is 5.51 Å². The summed E-state index contributed by atoms with van der Waals surface area (Å²) in [5, 5.41) is 11.7. The molecule has 0 radical (unpaired) electrons. The van der Waals surface area contributed by atoms with E-state index < -0.39 is 11.4 Å². The largest absolute Gasteiger partial charge is 0.446 e. The Kier molecular flexibility index (Phi) is 5.04. The van der Waals surface area contributed by atoms with Crippen molar-refractivity contribution in [1.82, 2.24) is 4.98 Å². The predicted molar refractivity (Wildman–Crippen MR) is 76.5 cm³/mol. The molecular weight excluding hydrogens is 317 g/mol. The molecule has 0 saturated heterocycles. The number of rotatable bonds is 4. The van der Waals surface area contributed by atoms with E-state index in [0.717, 1.165) is 0 Å². The number of aromatic nitrogens is 1. The molecule has 0 atom stereocenters. The van der Waals surface area contributed by atoms with Crippen LogP contribution in [0.3, 0.4) is 0 Å². The molecule has 116 valence electrons. The summed E-state index contributed by atoms with van der Waals surface area (Å²) in [5.41, 5.74) is -3.31. The molecule has 0 aliphatic carbocycles. The van der Waals surface area contributed by atoms with Crippen molar-refractivity contribution in [1.29, 1.82) is 0 Å². The first-order valence-electron chi connectivity index (χ1n) is 6.10. The molecule has 1 aromatic heterocycles. The van der Waals surface area contributed by atoms with Crippen LogP contribution in [0.5, 0.6) is 0 Å². The normalized spacial score (nSPS) is 11.3. The maximum Gasteiger partial charge on any atom is 0.446 e. The fourth-order valence-corrected chi connectivity index (χ4v) is 2.22. The number of aliphatic hydroxyl groups excluding tert-OH is 1. The SMILES string of the molecule is O=C(Nc1cnccc1CO)c1ccc(SC(F)(F)F)cc1. The van der Waals surface area contributed by atoms with Gasteiger partial charge in [-0.25, -0.2) is 0 Å². The highest BCUT2D eigenvalue weighted by Crippen LogP contribution is 2.36. The minimum absolute atomic E-state index is 0.00137. The summed E-state index contributed by atoms with van der Waals surface area (Å²) in [4.78, 5) is 15.9. The quantitative estimate of drug-likeness (QED) is 0.844. The predicted octanol–water partition coefficient (Wildman–Crippen LogP) is 3.44. The second kappa shape index (κ2) is 6.80. The van der Waals surface area contributed by atoms with Crippen LogP contribution < -0.4 is 5.32 Å². The van der Waals surface area contributed by atoms with Gasteiger partial charge in [0.25, 0.3) is 5.91 Å². The Morgan fingerprint density at radius 3 is 2.50 bits per heavy atom. The van der Waals surface area contributed by atoms with E-state index >= 15 is 0 Å².